The van der Waals surface area contributed by atoms with E-state index in [0.717, 1.165) is 16.5 Å². The normalized spacial score (nSPS) is 11.6. The second-order valence-electron chi connectivity index (χ2n) is 5.36. The molecule has 7 heteroatoms. The Kier molecular flexibility index (Phi) is 4.21. The molecule has 0 amide bonds. The third kappa shape index (κ3) is 3.40. The first-order valence-corrected chi connectivity index (χ1v) is 8.75. The van der Waals surface area contributed by atoms with Crippen LogP contribution in [-0.2, 0) is 6.54 Å². The van der Waals surface area contributed by atoms with Gasteiger partial charge in [0.15, 0.2) is 0 Å². The third-order valence-corrected chi connectivity index (χ3v) is 4.72. The van der Waals surface area contributed by atoms with Crippen LogP contribution in [-0.4, -0.2) is 14.5 Å². The van der Waals surface area contributed by atoms with Gasteiger partial charge in [0.1, 0.15) is 10.8 Å². The van der Waals surface area contributed by atoms with Crippen LogP contribution in [0.4, 0.5) is 0 Å². The van der Waals surface area contributed by atoms with Crippen molar-refractivity contribution < 1.29 is 4.42 Å². The zero-order valence-corrected chi connectivity index (χ0v) is 14.5. The van der Waals surface area contributed by atoms with E-state index in [0.29, 0.717) is 22.5 Å². The molecule has 0 unspecified atom stereocenters. The number of benzene rings is 1. The average molecular weight is 370 g/mol. The van der Waals surface area contributed by atoms with Crippen molar-refractivity contribution in [1.82, 2.24) is 14.5 Å². The summed E-state index contributed by atoms with van der Waals surface area (Å²) in [6, 6.07) is 8.80. The lowest BCUT2D eigenvalue weighted by Crippen LogP contribution is -2.21. The quantitative estimate of drug-likeness (QED) is 0.537. The number of hydrogen-bond acceptors (Lipinski definition) is 5. The number of fused-ring (bicyclic) bond motifs is 1. The minimum atomic E-state index is -0.131. The Morgan fingerprint density at radius 1 is 1.28 bits per heavy atom. The SMILES string of the molecule is O=c1c2cc(Cl)ccc2ncn1Cc1csc(/C=C/c2ccco2)n1. The molecule has 4 rings (SSSR count). The number of nitrogens with zero attached hydrogens (tertiary/aromatic N) is 3. The summed E-state index contributed by atoms with van der Waals surface area (Å²) in [5.74, 6) is 0.767. The minimum Gasteiger partial charge on any atom is -0.465 e. The summed E-state index contributed by atoms with van der Waals surface area (Å²) in [6.45, 7) is 0.360. The molecule has 0 radical (unpaired) electrons. The van der Waals surface area contributed by atoms with Crippen molar-refractivity contribution in [2.24, 2.45) is 0 Å². The lowest BCUT2D eigenvalue weighted by molar-refractivity contribution is 0.557. The van der Waals surface area contributed by atoms with Gasteiger partial charge >= 0.3 is 0 Å². The van der Waals surface area contributed by atoms with Crippen LogP contribution in [0.2, 0.25) is 5.02 Å². The van der Waals surface area contributed by atoms with Gasteiger partial charge in [0.25, 0.3) is 5.56 Å². The maximum Gasteiger partial charge on any atom is 0.261 e. The molecule has 3 aromatic heterocycles. The van der Waals surface area contributed by atoms with Crippen LogP contribution in [0.3, 0.4) is 0 Å². The molecule has 0 aliphatic carbocycles. The Morgan fingerprint density at radius 3 is 3.04 bits per heavy atom. The van der Waals surface area contributed by atoms with Crippen molar-refractivity contribution in [3.05, 3.63) is 80.1 Å². The van der Waals surface area contributed by atoms with Gasteiger partial charge in [-0.1, -0.05) is 11.6 Å². The van der Waals surface area contributed by atoms with Crippen LogP contribution in [0, 0.1) is 0 Å². The van der Waals surface area contributed by atoms with Gasteiger partial charge in [-0.3, -0.25) is 9.36 Å². The lowest BCUT2D eigenvalue weighted by Gasteiger charge is -2.04. The van der Waals surface area contributed by atoms with E-state index in [9.17, 15) is 4.79 Å². The first-order valence-electron chi connectivity index (χ1n) is 7.50. The molecule has 3 heterocycles. The highest BCUT2D eigenvalue weighted by molar-refractivity contribution is 7.10. The lowest BCUT2D eigenvalue weighted by atomic mass is 10.2. The molecule has 0 spiro atoms. The van der Waals surface area contributed by atoms with E-state index in [1.165, 1.54) is 22.2 Å². The number of rotatable bonds is 4. The molecular weight excluding hydrogens is 358 g/mol. The summed E-state index contributed by atoms with van der Waals surface area (Å²) in [5.41, 5.74) is 1.30. The zero-order chi connectivity index (χ0) is 17.2. The van der Waals surface area contributed by atoms with Crippen LogP contribution >= 0.6 is 22.9 Å². The van der Waals surface area contributed by atoms with Crippen molar-refractivity contribution >= 4 is 46.0 Å². The van der Waals surface area contributed by atoms with Gasteiger partial charge in [-0.2, -0.15) is 0 Å². The van der Waals surface area contributed by atoms with Crippen molar-refractivity contribution in [3.8, 4) is 0 Å². The van der Waals surface area contributed by atoms with E-state index in [4.69, 9.17) is 16.0 Å². The number of furan rings is 1. The molecule has 0 saturated heterocycles. The highest BCUT2D eigenvalue weighted by atomic mass is 35.5. The number of thiazole rings is 1. The molecular formula is C18H12ClN3O2S. The van der Waals surface area contributed by atoms with E-state index in [-0.39, 0.29) is 5.56 Å². The number of hydrogen-bond donors (Lipinski definition) is 0. The Morgan fingerprint density at radius 2 is 2.20 bits per heavy atom. The number of aromatic nitrogens is 3. The molecule has 124 valence electrons. The van der Waals surface area contributed by atoms with Crippen LogP contribution in [0.5, 0.6) is 0 Å². The van der Waals surface area contributed by atoms with Gasteiger partial charge in [0.2, 0.25) is 0 Å². The smallest absolute Gasteiger partial charge is 0.261 e. The highest BCUT2D eigenvalue weighted by Crippen LogP contribution is 2.16. The fourth-order valence-corrected chi connectivity index (χ4v) is 3.30. The second kappa shape index (κ2) is 6.66. The molecule has 5 nitrogen and oxygen atoms in total. The van der Waals surface area contributed by atoms with Crippen LogP contribution in [0.15, 0.2) is 57.5 Å². The third-order valence-electron chi connectivity index (χ3n) is 3.62. The standard InChI is InChI=1S/C18H12ClN3O2S/c19-12-3-5-16-15(8-12)18(23)22(11-20-16)9-13-10-25-17(21-13)6-4-14-2-1-7-24-14/h1-8,10-11H,9H2/b6-4+. The summed E-state index contributed by atoms with van der Waals surface area (Å²) in [7, 11) is 0. The van der Waals surface area contributed by atoms with Gasteiger partial charge in [-0.05, 0) is 42.5 Å². The summed E-state index contributed by atoms with van der Waals surface area (Å²) >= 11 is 7.49. The van der Waals surface area contributed by atoms with Crippen LogP contribution in [0.25, 0.3) is 23.1 Å². The first-order chi connectivity index (χ1) is 12.2. The van der Waals surface area contributed by atoms with Crippen LogP contribution in [0.1, 0.15) is 16.5 Å². The second-order valence-corrected chi connectivity index (χ2v) is 6.69. The topological polar surface area (TPSA) is 60.9 Å². The van der Waals surface area contributed by atoms with E-state index in [2.05, 4.69) is 9.97 Å². The van der Waals surface area contributed by atoms with Gasteiger partial charge < -0.3 is 4.42 Å². The van der Waals surface area contributed by atoms with Gasteiger partial charge in [-0.15, -0.1) is 11.3 Å². The van der Waals surface area contributed by atoms with E-state index in [1.54, 1.807) is 24.5 Å². The van der Waals surface area contributed by atoms with Gasteiger partial charge in [0, 0.05) is 10.4 Å². The van der Waals surface area contributed by atoms with Gasteiger partial charge in [-0.25, -0.2) is 9.97 Å². The van der Waals surface area contributed by atoms with Crippen molar-refractivity contribution in [1.29, 1.82) is 0 Å². The molecule has 0 N–H and O–H groups in total. The van der Waals surface area contributed by atoms with Gasteiger partial charge in [0.05, 0.1) is 35.7 Å². The van der Waals surface area contributed by atoms with Crippen LogP contribution < -0.4 is 5.56 Å². The average Bonchev–Trinajstić information content (AvgIpc) is 3.28. The molecule has 1 aromatic carbocycles. The summed E-state index contributed by atoms with van der Waals surface area (Å²) < 4.78 is 6.78. The molecule has 0 bridgehead atoms. The molecule has 4 aromatic rings. The van der Waals surface area contributed by atoms with E-state index >= 15 is 0 Å². The molecule has 0 aliphatic heterocycles. The monoisotopic (exact) mass is 369 g/mol. The Labute approximate surface area is 151 Å². The minimum absolute atomic E-state index is 0.131. The maximum atomic E-state index is 12.6. The van der Waals surface area contributed by atoms with Crippen molar-refractivity contribution in [3.63, 3.8) is 0 Å². The Hall–Kier alpha value is -2.70. The van der Waals surface area contributed by atoms with Crippen molar-refractivity contribution in [2.45, 2.75) is 6.54 Å². The molecule has 0 atom stereocenters. The van der Waals surface area contributed by atoms with Crippen molar-refractivity contribution in [2.75, 3.05) is 0 Å². The predicted octanol–water partition coefficient (Wildman–Crippen LogP) is 4.32. The largest absolute Gasteiger partial charge is 0.465 e. The Balaban J connectivity index is 1.59. The summed E-state index contributed by atoms with van der Waals surface area (Å²) in [5, 5.41) is 3.79. The van der Waals surface area contributed by atoms with E-state index in [1.807, 2.05) is 29.7 Å². The molecule has 0 saturated carbocycles. The first kappa shape index (κ1) is 15.8. The number of halogens is 1. The van der Waals surface area contributed by atoms with E-state index < -0.39 is 0 Å². The predicted molar refractivity (Wildman–Crippen MR) is 99.9 cm³/mol. The fourth-order valence-electron chi connectivity index (χ4n) is 2.43. The summed E-state index contributed by atoms with van der Waals surface area (Å²) in [4.78, 5) is 21.4. The maximum absolute atomic E-state index is 12.6. The zero-order valence-electron chi connectivity index (χ0n) is 12.9. The molecule has 0 aliphatic rings. The molecule has 25 heavy (non-hydrogen) atoms. The Bertz CT molecular complexity index is 1110. The molecule has 0 fully saturated rings. The fraction of sp³-hybridized carbons (Fsp3) is 0.0556. The highest BCUT2D eigenvalue weighted by Gasteiger charge is 2.07. The summed E-state index contributed by atoms with van der Waals surface area (Å²) in [6.07, 6.45) is 6.90.